The second-order valence-corrected chi connectivity index (χ2v) is 13.6. The summed E-state index contributed by atoms with van der Waals surface area (Å²) in [5.41, 5.74) is 7.52. The molecule has 11 heteroatoms. The van der Waals surface area contributed by atoms with Crippen molar-refractivity contribution in [3.05, 3.63) is 118 Å². The largest absolute Gasteiger partial charge is 0.508 e. The van der Waals surface area contributed by atoms with Gasteiger partial charge in [0.05, 0.1) is 36.4 Å². The number of phenols is 1. The number of morpholine rings is 1. The van der Waals surface area contributed by atoms with Crippen LogP contribution >= 0.6 is 11.6 Å². The molecule has 5 aromatic rings. The summed E-state index contributed by atoms with van der Waals surface area (Å²) in [6.07, 6.45) is 2.43. The van der Waals surface area contributed by atoms with Crippen molar-refractivity contribution in [2.45, 2.75) is 32.9 Å². The zero-order chi connectivity index (χ0) is 35.1. The molecule has 0 bridgehead atoms. The average molecular weight is 693 g/mol. The number of carbonyl (C=O) groups is 2. The third-order valence-corrected chi connectivity index (χ3v) is 10.4. The van der Waals surface area contributed by atoms with Gasteiger partial charge in [0, 0.05) is 79.5 Å². The Morgan fingerprint density at radius 2 is 1.66 bits per heavy atom. The van der Waals surface area contributed by atoms with Crippen molar-refractivity contribution in [2.24, 2.45) is 14.1 Å². The van der Waals surface area contributed by atoms with E-state index in [1.54, 1.807) is 52.2 Å². The molecule has 0 saturated carbocycles. The van der Waals surface area contributed by atoms with Crippen LogP contribution in [0, 0.1) is 13.8 Å². The number of ether oxygens (including phenoxy) is 1. The van der Waals surface area contributed by atoms with Gasteiger partial charge in [-0.15, -0.1) is 0 Å². The van der Waals surface area contributed by atoms with Crippen LogP contribution in [0.15, 0.2) is 79.0 Å². The number of hydrogen-bond acceptors (Lipinski definition) is 6. The van der Waals surface area contributed by atoms with Crippen LogP contribution in [0.4, 0.5) is 11.4 Å². The third-order valence-electron chi connectivity index (χ3n) is 10.2. The summed E-state index contributed by atoms with van der Waals surface area (Å²) >= 11 is 6.63. The molecular weight excluding hydrogens is 652 g/mol. The van der Waals surface area contributed by atoms with Crippen molar-refractivity contribution < 1.29 is 19.4 Å². The third kappa shape index (κ3) is 6.30. The summed E-state index contributed by atoms with van der Waals surface area (Å²) < 4.78 is 9.26. The molecule has 3 aromatic carbocycles. The molecule has 2 aliphatic rings. The quantitative estimate of drug-likeness (QED) is 0.216. The SMILES string of the molecule is Cc1c(N(C(=O)c2cc(-c3cc(Cl)ccc3C(=O)N3Cc4ccccc4C[C@H]3CN3CCOCC3)n(C)c2C)c2ccc(O)cc2)cnn1C. The van der Waals surface area contributed by atoms with Crippen LogP contribution in [0.5, 0.6) is 5.75 Å². The lowest BCUT2D eigenvalue weighted by atomic mass is 9.92. The lowest BCUT2D eigenvalue weighted by molar-refractivity contribution is 0.0193. The second-order valence-electron chi connectivity index (χ2n) is 13.1. The summed E-state index contributed by atoms with van der Waals surface area (Å²) in [6.45, 7) is 8.13. The number of aromatic nitrogens is 3. The van der Waals surface area contributed by atoms with Crippen molar-refractivity contribution in [1.82, 2.24) is 24.1 Å². The van der Waals surface area contributed by atoms with Gasteiger partial charge in [0.2, 0.25) is 0 Å². The molecule has 7 rings (SSSR count). The molecule has 1 N–H and O–H groups in total. The lowest BCUT2D eigenvalue weighted by Crippen LogP contribution is -2.52. The van der Waals surface area contributed by atoms with E-state index in [2.05, 4.69) is 28.2 Å². The number of nitrogens with zero attached hydrogens (tertiary/aromatic N) is 6. The van der Waals surface area contributed by atoms with Gasteiger partial charge >= 0.3 is 0 Å². The first-order valence-corrected chi connectivity index (χ1v) is 17.2. The van der Waals surface area contributed by atoms with Crippen molar-refractivity contribution in [3.8, 4) is 17.0 Å². The number of fused-ring (bicyclic) bond motifs is 1. The number of anilines is 2. The van der Waals surface area contributed by atoms with E-state index in [-0.39, 0.29) is 23.6 Å². The van der Waals surface area contributed by atoms with E-state index >= 15 is 0 Å². The molecule has 0 spiro atoms. The maximum Gasteiger partial charge on any atom is 0.264 e. The minimum absolute atomic E-state index is 0.0205. The number of aryl methyl sites for hydroxylation is 1. The average Bonchev–Trinajstić information content (AvgIpc) is 3.61. The lowest BCUT2D eigenvalue weighted by Gasteiger charge is -2.40. The molecule has 2 aromatic heterocycles. The molecule has 2 amide bonds. The Labute approximate surface area is 297 Å². The highest BCUT2D eigenvalue weighted by Crippen LogP contribution is 2.36. The summed E-state index contributed by atoms with van der Waals surface area (Å²) in [4.78, 5) is 35.4. The fraction of sp³-hybridized carbons (Fsp3) is 0.308. The predicted molar refractivity (Wildman–Crippen MR) is 194 cm³/mol. The maximum absolute atomic E-state index is 14.8. The second kappa shape index (κ2) is 13.8. The number of amides is 2. The monoisotopic (exact) mass is 692 g/mol. The summed E-state index contributed by atoms with van der Waals surface area (Å²) in [7, 11) is 3.73. The molecule has 0 radical (unpaired) electrons. The normalized spacial score (nSPS) is 16.3. The molecule has 1 atom stereocenters. The zero-order valence-corrected chi connectivity index (χ0v) is 29.5. The van der Waals surface area contributed by atoms with Crippen molar-refractivity contribution in [2.75, 3.05) is 37.7 Å². The minimum atomic E-state index is -0.265. The molecule has 0 aliphatic carbocycles. The zero-order valence-electron chi connectivity index (χ0n) is 28.8. The summed E-state index contributed by atoms with van der Waals surface area (Å²) in [5.74, 6) is -0.239. The van der Waals surface area contributed by atoms with Gasteiger partial charge in [0.15, 0.2) is 0 Å². The summed E-state index contributed by atoms with van der Waals surface area (Å²) in [6, 6.07) is 22.1. The van der Waals surface area contributed by atoms with Gasteiger partial charge < -0.3 is 19.3 Å². The first-order chi connectivity index (χ1) is 24.1. The van der Waals surface area contributed by atoms with Gasteiger partial charge in [0.25, 0.3) is 11.8 Å². The van der Waals surface area contributed by atoms with E-state index in [1.165, 1.54) is 5.56 Å². The molecule has 1 fully saturated rings. The van der Waals surface area contributed by atoms with Crippen LogP contribution in [-0.4, -0.2) is 80.0 Å². The Bertz CT molecular complexity index is 2060. The molecule has 0 unspecified atom stereocenters. The van der Waals surface area contributed by atoms with Gasteiger partial charge in [-0.1, -0.05) is 35.9 Å². The summed E-state index contributed by atoms with van der Waals surface area (Å²) in [5, 5.41) is 14.9. The highest BCUT2D eigenvalue weighted by Gasteiger charge is 2.34. The van der Waals surface area contributed by atoms with E-state index in [0.29, 0.717) is 58.5 Å². The number of phenolic OH excluding ortho intramolecular Hbond substituents is 1. The smallest absolute Gasteiger partial charge is 0.264 e. The van der Waals surface area contributed by atoms with Crippen LogP contribution in [0.1, 0.15) is 43.2 Å². The van der Waals surface area contributed by atoms with Crippen LogP contribution < -0.4 is 4.90 Å². The molecule has 2 aliphatic heterocycles. The fourth-order valence-electron chi connectivity index (χ4n) is 7.11. The van der Waals surface area contributed by atoms with E-state index in [4.69, 9.17) is 16.3 Å². The minimum Gasteiger partial charge on any atom is -0.508 e. The van der Waals surface area contributed by atoms with Gasteiger partial charge in [-0.25, -0.2) is 0 Å². The number of rotatable bonds is 7. The van der Waals surface area contributed by atoms with Crippen LogP contribution in [0.25, 0.3) is 11.3 Å². The molecule has 50 heavy (non-hydrogen) atoms. The van der Waals surface area contributed by atoms with Crippen molar-refractivity contribution in [1.29, 1.82) is 0 Å². The number of benzene rings is 3. The Morgan fingerprint density at radius 1 is 0.940 bits per heavy atom. The highest BCUT2D eigenvalue weighted by molar-refractivity contribution is 6.31. The number of carbonyl (C=O) groups excluding carboxylic acids is 2. The van der Waals surface area contributed by atoms with E-state index < -0.39 is 0 Å². The van der Waals surface area contributed by atoms with Crippen molar-refractivity contribution in [3.63, 3.8) is 0 Å². The van der Waals surface area contributed by atoms with E-state index in [1.807, 2.05) is 55.6 Å². The van der Waals surface area contributed by atoms with E-state index in [9.17, 15) is 14.7 Å². The van der Waals surface area contributed by atoms with Gasteiger partial charge in [-0.05, 0) is 79.9 Å². The Morgan fingerprint density at radius 3 is 2.36 bits per heavy atom. The Hall–Kier alpha value is -4.90. The van der Waals surface area contributed by atoms with Gasteiger partial charge in [-0.3, -0.25) is 24.1 Å². The number of aromatic hydroxyl groups is 1. The number of halogens is 1. The van der Waals surface area contributed by atoms with Crippen LogP contribution in [-0.2, 0) is 31.8 Å². The maximum atomic E-state index is 14.8. The molecular formula is C39H41ClN6O4. The van der Waals surface area contributed by atoms with Gasteiger partial charge in [-0.2, -0.15) is 5.10 Å². The Balaban J connectivity index is 1.28. The fourth-order valence-corrected chi connectivity index (χ4v) is 7.28. The van der Waals surface area contributed by atoms with Gasteiger partial charge in [0.1, 0.15) is 5.75 Å². The molecule has 4 heterocycles. The van der Waals surface area contributed by atoms with Crippen LogP contribution in [0.3, 0.4) is 0 Å². The Kier molecular flexibility index (Phi) is 9.26. The van der Waals surface area contributed by atoms with E-state index in [0.717, 1.165) is 43.0 Å². The highest BCUT2D eigenvalue weighted by atomic mass is 35.5. The molecule has 10 nitrogen and oxygen atoms in total. The van der Waals surface area contributed by atoms with Crippen LogP contribution in [0.2, 0.25) is 5.02 Å². The standard InChI is InChI=1S/C39H41ClN6O4/c1-25-34(39(49)46(30-10-12-32(47)13-11-30)37-22-41-43(4)26(37)2)21-36(42(25)3)35-20-29(40)9-14-33(35)38(48)45-23-28-8-6-5-7-27(28)19-31(45)24-44-15-17-50-18-16-44/h5-14,20-22,31,47H,15-19,23-24H2,1-4H3/t31-/m0/s1. The first kappa shape index (κ1) is 33.6. The first-order valence-electron chi connectivity index (χ1n) is 16.9. The predicted octanol–water partition coefficient (Wildman–Crippen LogP) is 6.28. The molecule has 258 valence electrons. The molecule has 1 saturated heterocycles. The number of hydrogen-bond donors (Lipinski definition) is 1. The van der Waals surface area contributed by atoms with Crippen molar-refractivity contribution >= 4 is 34.8 Å². The topological polar surface area (TPSA) is 96.1 Å².